The molecule has 0 radical (unpaired) electrons. The van der Waals surface area contributed by atoms with Gasteiger partial charge in [-0.3, -0.25) is 0 Å². The Morgan fingerprint density at radius 2 is 2.05 bits per heavy atom. The Bertz CT molecular complexity index is 413. The van der Waals surface area contributed by atoms with Gasteiger partial charge in [-0.15, -0.1) is 0 Å². The molecule has 1 heterocycles. The van der Waals surface area contributed by atoms with E-state index in [0.717, 1.165) is 31.7 Å². The van der Waals surface area contributed by atoms with E-state index in [-0.39, 0.29) is 11.9 Å². The molecule has 2 fully saturated rings. The number of hydrogen-bond donors (Lipinski definition) is 1. The summed E-state index contributed by atoms with van der Waals surface area (Å²) in [6.07, 6.45) is 3.59. The Hall–Kier alpha value is -0.970. The van der Waals surface area contributed by atoms with Gasteiger partial charge in [0.1, 0.15) is 5.82 Å². The van der Waals surface area contributed by atoms with Gasteiger partial charge in [0.2, 0.25) is 0 Å². The molecule has 1 aromatic rings. The lowest BCUT2D eigenvalue weighted by atomic mass is 10.1. The summed E-state index contributed by atoms with van der Waals surface area (Å²) in [7, 11) is 0. The maximum absolute atomic E-state index is 13.0. The Balaban J connectivity index is 1.57. The molecule has 1 aromatic carbocycles. The van der Waals surface area contributed by atoms with Crippen molar-refractivity contribution < 1.29 is 13.9 Å². The summed E-state index contributed by atoms with van der Waals surface area (Å²) < 4.78 is 24.5. The average molecular weight is 279 g/mol. The number of halogens is 1. The summed E-state index contributed by atoms with van der Waals surface area (Å²) in [5, 5.41) is 3.50. The number of hydrogen-bond acceptors (Lipinski definition) is 3. The normalized spacial score (nSPS) is 23.9. The van der Waals surface area contributed by atoms with Crippen LogP contribution in [0.4, 0.5) is 4.39 Å². The van der Waals surface area contributed by atoms with Crippen molar-refractivity contribution in [2.75, 3.05) is 26.4 Å². The van der Waals surface area contributed by atoms with Crippen molar-refractivity contribution in [1.82, 2.24) is 5.32 Å². The zero-order valence-corrected chi connectivity index (χ0v) is 11.7. The molecule has 3 nitrogen and oxygen atoms in total. The second kappa shape index (κ2) is 6.66. The van der Waals surface area contributed by atoms with Crippen molar-refractivity contribution in [3.05, 3.63) is 35.6 Å². The molecular formula is C16H22FNO2. The van der Waals surface area contributed by atoms with Crippen LogP contribution in [0, 0.1) is 11.7 Å². The molecule has 1 aliphatic heterocycles. The van der Waals surface area contributed by atoms with E-state index < -0.39 is 0 Å². The smallest absolute Gasteiger partial charge is 0.123 e. The summed E-state index contributed by atoms with van der Waals surface area (Å²) in [5.74, 6) is 0.297. The summed E-state index contributed by atoms with van der Waals surface area (Å²) in [6.45, 7) is 3.15. The molecule has 1 aliphatic carbocycles. The van der Waals surface area contributed by atoms with E-state index in [1.807, 2.05) is 12.1 Å². The topological polar surface area (TPSA) is 30.5 Å². The van der Waals surface area contributed by atoms with Gasteiger partial charge in [0.05, 0.1) is 19.3 Å². The largest absolute Gasteiger partial charge is 0.381 e. The molecule has 1 saturated heterocycles. The number of rotatable bonds is 7. The van der Waals surface area contributed by atoms with Gasteiger partial charge in [-0.2, -0.15) is 0 Å². The van der Waals surface area contributed by atoms with Crippen LogP contribution >= 0.6 is 0 Å². The fourth-order valence-electron chi connectivity index (χ4n) is 2.48. The van der Waals surface area contributed by atoms with Crippen molar-refractivity contribution in [2.24, 2.45) is 5.92 Å². The monoisotopic (exact) mass is 279 g/mol. The van der Waals surface area contributed by atoms with E-state index in [1.165, 1.54) is 25.0 Å². The highest BCUT2D eigenvalue weighted by atomic mass is 19.1. The van der Waals surface area contributed by atoms with Gasteiger partial charge < -0.3 is 14.8 Å². The maximum atomic E-state index is 13.0. The summed E-state index contributed by atoms with van der Waals surface area (Å²) in [4.78, 5) is 0. The van der Waals surface area contributed by atoms with Crippen LogP contribution in [0.25, 0.3) is 0 Å². The predicted octanol–water partition coefficient (Wildman–Crippen LogP) is 2.67. The Morgan fingerprint density at radius 1 is 1.25 bits per heavy atom. The van der Waals surface area contributed by atoms with E-state index >= 15 is 0 Å². The number of benzene rings is 1. The molecule has 0 aromatic heterocycles. The predicted molar refractivity (Wildman–Crippen MR) is 75.0 cm³/mol. The lowest BCUT2D eigenvalue weighted by molar-refractivity contribution is 0.0251. The van der Waals surface area contributed by atoms with Gasteiger partial charge in [-0.1, -0.05) is 12.1 Å². The summed E-state index contributed by atoms with van der Waals surface area (Å²) >= 11 is 0. The Morgan fingerprint density at radius 3 is 2.70 bits per heavy atom. The van der Waals surface area contributed by atoms with Gasteiger partial charge in [0.25, 0.3) is 0 Å². The lowest BCUT2D eigenvalue weighted by Gasteiger charge is -2.21. The van der Waals surface area contributed by atoms with Crippen molar-refractivity contribution in [3.63, 3.8) is 0 Å². The van der Waals surface area contributed by atoms with Gasteiger partial charge in [0.15, 0.2) is 0 Å². The molecule has 1 saturated carbocycles. The molecule has 2 atom stereocenters. The zero-order valence-electron chi connectivity index (χ0n) is 11.7. The molecule has 20 heavy (non-hydrogen) atoms. The highest BCUT2D eigenvalue weighted by Crippen LogP contribution is 2.24. The SMILES string of the molecule is Fc1ccc(C(CNC2CC2)OCC2CCOC2)cc1. The minimum absolute atomic E-state index is 0.00296. The van der Waals surface area contributed by atoms with Gasteiger partial charge >= 0.3 is 0 Å². The van der Waals surface area contributed by atoms with Gasteiger partial charge in [0, 0.05) is 25.1 Å². The number of nitrogens with one attached hydrogen (secondary N) is 1. The fourth-order valence-corrected chi connectivity index (χ4v) is 2.48. The molecule has 0 bridgehead atoms. The van der Waals surface area contributed by atoms with Crippen LogP contribution in [-0.2, 0) is 9.47 Å². The van der Waals surface area contributed by atoms with Gasteiger partial charge in [-0.05, 0) is 37.0 Å². The second-order valence-electron chi connectivity index (χ2n) is 5.79. The van der Waals surface area contributed by atoms with E-state index in [9.17, 15) is 4.39 Å². The van der Waals surface area contributed by atoms with Crippen molar-refractivity contribution in [2.45, 2.75) is 31.4 Å². The Kier molecular flexibility index (Phi) is 4.65. The third kappa shape index (κ3) is 4.01. The van der Waals surface area contributed by atoms with Crippen molar-refractivity contribution >= 4 is 0 Å². The Labute approximate surface area is 119 Å². The van der Waals surface area contributed by atoms with Crippen LogP contribution in [0.1, 0.15) is 30.9 Å². The lowest BCUT2D eigenvalue weighted by Crippen LogP contribution is -2.26. The van der Waals surface area contributed by atoms with E-state index in [4.69, 9.17) is 9.47 Å². The molecule has 2 unspecified atom stereocenters. The minimum Gasteiger partial charge on any atom is -0.381 e. The van der Waals surface area contributed by atoms with Crippen LogP contribution in [0.3, 0.4) is 0 Å². The first-order valence-electron chi connectivity index (χ1n) is 7.49. The van der Waals surface area contributed by atoms with Crippen LogP contribution in [0.2, 0.25) is 0 Å². The molecule has 2 aliphatic rings. The molecule has 3 rings (SSSR count). The first kappa shape index (κ1) is 14.0. The average Bonchev–Trinajstić information content (AvgIpc) is 3.14. The first-order valence-corrected chi connectivity index (χ1v) is 7.49. The fraction of sp³-hybridized carbons (Fsp3) is 0.625. The third-order valence-corrected chi connectivity index (χ3v) is 3.97. The van der Waals surface area contributed by atoms with Crippen molar-refractivity contribution in [3.8, 4) is 0 Å². The van der Waals surface area contributed by atoms with E-state index in [0.29, 0.717) is 18.6 Å². The van der Waals surface area contributed by atoms with Crippen LogP contribution < -0.4 is 5.32 Å². The maximum Gasteiger partial charge on any atom is 0.123 e. The summed E-state index contributed by atoms with van der Waals surface area (Å²) in [6, 6.07) is 7.29. The molecule has 1 N–H and O–H groups in total. The molecular weight excluding hydrogens is 257 g/mol. The van der Waals surface area contributed by atoms with Crippen LogP contribution in [-0.4, -0.2) is 32.4 Å². The highest BCUT2D eigenvalue weighted by molar-refractivity contribution is 5.19. The second-order valence-corrected chi connectivity index (χ2v) is 5.79. The minimum atomic E-state index is -0.202. The quantitative estimate of drug-likeness (QED) is 0.832. The van der Waals surface area contributed by atoms with Crippen LogP contribution in [0.15, 0.2) is 24.3 Å². The van der Waals surface area contributed by atoms with Crippen LogP contribution in [0.5, 0.6) is 0 Å². The molecule has 0 amide bonds. The van der Waals surface area contributed by atoms with Gasteiger partial charge in [-0.25, -0.2) is 4.39 Å². The molecule has 4 heteroatoms. The number of ether oxygens (including phenoxy) is 2. The van der Waals surface area contributed by atoms with E-state index in [1.54, 1.807) is 0 Å². The third-order valence-electron chi connectivity index (χ3n) is 3.97. The highest BCUT2D eigenvalue weighted by Gasteiger charge is 2.24. The standard InChI is InChI=1S/C16H22FNO2/c17-14-3-1-13(2-4-14)16(9-18-15-5-6-15)20-11-12-7-8-19-10-12/h1-4,12,15-16,18H,5-11H2. The molecule has 0 spiro atoms. The first-order chi connectivity index (χ1) is 9.81. The summed E-state index contributed by atoms with van der Waals surface area (Å²) in [5.41, 5.74) is 1.04. The molecule has 110 valence electrons. The van der Waals surface area contributed by atoms with E-state index in [2.05, 4.69) is 5.32 Å². The van der Waals surface area contributed by atoms with Crippen molar-refractivity contribution in [1.29, 1.82) is 0 Å². The zero-order chi connectivity index (χ0) is 13.8.